The molecule has 0 amide bonds. The number of rotatable bonds is 4. The summed E-state index contributed by atoms with van der Waals surface area (Å²) in [6, 6.07) is 0.404. The van der Waals surface area contributed by atoms with E-state index in [9.17, 15) is 0 Å². The summed E-state index contributed by atoms with van der Waals surface area (Å²) < 4.78 is 5.22. The summed E-state index contributed by atoms with van der Waals surface area (Å²) in [6.45, 7) is 3.99. The monoisotopic (exact) mass is 270 g/mol. The summed E-state index contributed by atoms with van der Waals surface area (Å²) in [5, 5.41) is 4.65. The lowest BCUT2D eigenvalue weighted by atomic mass is 9.75. The lowest BCUT2D eigenvalue weighted by Crippen LogP contribution is -2.41. The average molecular weight is 270 g/mol. The first-order valence-corrected chi connectivity index (χ1v) is 8.19. The van der Waals surface area contributed by atoms with E-state index in [1.807, 2.05) is 11.8 Å². The van der Waals surface area contributed by atoms with Crippen molar-refractivity contribution in [1.29, 1.82) is 0 Å². The van der Waals surface area contributed by atoms with Gasteiger partial charge in [-0.05, 0) is 24.7 Å². The topological polar surface area (TPSA) is 33.6 Å². The zero-order valence-electron chi connectivity index (χ0n) is 11.7. The number of methoxy groups -OCH3 is 1. The fourth-order valence-electron chi connectivity index (χ4n) is 2.88. The second-order valence-corrected chi connectivity index (χ2v) is 6.64. The van der Waals surface area contributed by atoms with Crippen molar-refractivity contribution in [3.63, 3.8) is 0 Å². The maximum atomic E-state index is 5.22. The maximum absolute atomic E-state index is 5.22. The summed E-state index contributed by atoms with van der Waals surface area (Å²) in [6.07, 6.45) is 8.07. The van der Waals surface area contributed by atoms with Crippen LogP contribution in [0, 0.1) is 5.41 Å². The van der Waals surface area contributed by atoms with Crippen LogP contribution in [0.5, 0.6) is 0 Å². The van der Waals surface area contributed by atoms with E-state index in [2.05, 4.69) is 12.2 Å². The molecular formula is C14H26N2OS. The van der Waals surface area contributed by atoms with Crippen molar-refractivity contribution in [3.05, 3.63) is 0 Å². The third-order valence-electron chi connectivity index (χ3n) is 4.18. The van der Waals surface area contributed by atoms with Gasteiger partial charge in [-0.1, -0.05) is 37.9 Å². The highest BCUT2D eigenvalue weighted by atomic mass is 32.2. The number of thioether (sulfide) groups is 1. The van der Waals surface area contributed by atoms with Crippen molar-refractivity contribution in [3.8, 4) is 0 Å². The summed E-state index contributed by atoms with van der Waals surface area (Å²) in [4.78, 5) is 4.79. The Morgan fingerprint density at radius 1 is 1.39 bits per heavy atom. The third kappa shape index (κ3) is 3.64. The van der Waals surface area contributed by atoms with Crippen molar-refractivity contribution in [1.82, 2.24) is 5.32 Å². The van der Waals surface area contributed by atoms with Crippen molar-refractivity contribution in [2.45, 2.75) is 51.5 Å². The number of hydrogen-bond acceptors (Lipinski definition) is 4. The molecule has 0 aromatic heterocycles. The van der Waals surface area contributed by atoms with E-state index in [0.717, 1.165) is 24.7 Å². The molecule has 0 aromatic carbocycles. The molecule has 2 rings (SSSR count). The number of nitrogens with one attached hydrogen (secondary N) is 1. The summed E-state index contributed by atoms with van der Waals surface area (Å²) >= 11 is 1.92. The first-order valence-electron chi connectivity index (χ1n) is 7.21. The van der Waals surface area contributed by atoms with Gasteiger partial charge in [0.1, 0.15) is 0 Å². The first-order chi connectivity index (χ1) is 8.78. The Morgan fingerprint density at radius 3 is 2.72 bits per heavy atom. The molecule has 0 aromatic rings. The standard InChI is InChI=1S/C14H26N2OS/c1-3-12(9-17-2)16-13-15-10-14(11-18-13)7-5-4-6-8-14/h12H,3-11H2,1-2H3,(H,15,16). The largest absolute Gasteiger partial charge is 0.383 e. The van der Waals surface area contributed by atoms with Crippen molar-refractivity contribution < 1.29 is 4.74 Å². The van der Waals surface area contributed by atoms with Gasteiger partial charge in [0.2, 0.25) is 0 Å². The van der Waals surface area contributed by atoms with Gasteiger partial charge in [0.25, 0.3) is 0 Å². The van der Waals surface area contributed by atoms with Crippen molar-refractivity contribution >= 4 is 16.9 Å². The van der Waals surface area contributed by atoms with E-state index < -0.39 is 0 Å². The molecule has 1 saturated carbocycles. The summed E-state index contributed by atoms with van der Waals surface area (Å²) in [5.74, 6) is 1.25. The molecule has 104 valence electrons. The van der Waals surface area contributed by atoms with Crippen LogP contribution in [0.25, 0.3) is 0 Å². The molecule has 1 aliphatic heterocycles. The zero-order valence-corrected chi connectivity index (χ0v) is 12.5. The molecule has 0 bridgehead atoms. The molecule has 1 heterocycles. The van der Waals surface area contributed by atoms with E-state index in [1.54, 1.807) is 7.11 Å². The first kappa shape index (κ1) is 14.2. The minimum Gasteiger partial charge on any atom is -0.383 e. The molecule has 1 unspecified atom stereocenters. The van der Waals surface area contributed by atoms with Gasteiger partial charge < -0.3 is 10.1 Å². The van der Waals surface area contributed by atoms with Crippen LogP contribution in [0.3, 0.4) is 0 Å². The molecule has 4 heteroatoms. The van der Waals surface area contributed by atoms with E-state index >= 15 is 0 Å². The van der Waals surface area contributed by atoms with Crippen LogP contribution in [0.2, 0.25) is 0 Å². The smallest absolute Gasteiger partial charge is 0.156 e. The van der Waals surface area contributed by atoms with Gasteiger partial charge in [0, 0.05) is 19.4 Å². The van der Waals surface area contributed by atoms with E-state index in [0.29, 0.717) is 11.5 Å². The van der Waals surface area contributed by atoms with Crippen LogP contribution < -0.4 is 5.32 Å². The van der Waals surface area contributed by atoms with Crippen LogP contribution in [0.4, 0.5) is 0 Å². The van der Waals surface area contributed by atoms with E-state index in [-0.39, 0.29) is 0 Å². The predicted octanol–water partition coefficient (Wildman–Crippen LogP) is 3.05. The van der Waals surface area contributed by atoms with Crippen LogP contribution in [-0.2, 0) is 4.74 Å². The van der Waals surface area contributed by atoms with Gasteiger partial charge in [-0.2, -0.15) is 0 Å². The van der Waals surface area contributed by atoms with Gasteiger partial charge in [0.05, 0.1) is 12.6 Å². The normalized spacial score (nSPS) is 24.7. The molecule has 2 aliphatic rings. The quantitative estimate of drug-likeness (QED) is 0.852. The van der Waals surface area contributed by atoms with Gasteiger partial charge in [-0.15, -0.1) is 0 Å². The van der Waals surface area contributed by atoms with Crippen LogP contribution in [-0.4, -0.2) is 37.2 Å². The highest BCUT2D eigenvalue weighted by molar-refractivity contribution is 8.13. The fourth-order valence-corrected chi connectivity index (χ4v) is 4.11. The van der Waals surface area contributed by atoms with Gasteiger partial charge in [-0.25, -0.2) is 0 Å². The Kier molecular flexibility index (Phi) is 5.37. The number of ether oxygens (including phenoxy) is 1. The summed E-state index contributed by atoms with van der Waals surface area (Å²) in [5.41, 5.74) is 0.525. The fraction of sp³-hybridized carbons (Fsp3) is 0.929. The molecule has 1 N–H and O–H groups in total. The predicted molar refractivity (Wildman–Crippen MR) is 79.4 cm³/mol. The van der Waals surface area contributed by atoms with Gasteiger partial charge in [-0.3, -0.25) is 4.99 Å². The van der Waals surface area contributed by atoms with Crippen molar-refractivity contribution in [2.24, 2.45) is 10.4 Å². The molecular weight excluding hydrogens is 244 g/mol. The highest BCUT2D eigenvalue weighted by Gasteiger charge is 2.35. The molecule has 1 aliphatic carbocycles. The Labute approximate surface area is 115 Å². The number of hydrogen-bond donors (Lipinski definition) is 1. The molecule has 0 saturated heterocycles. The minimum atomic E-state index is 0.404. The Balaban J connectivity index is 1.85. The Bertz CT molecular complexity index is 288. The van der Waals surface area contributed by atoms with E-state index in [1.165, 1.54) is 37.9 Å². The molecule has 3 nitrogen and oxygen atoms in total. The summed E-state index contributed by atoms with van der Waals surface area (Å²) in [7, 11) is 1.76. The third-order valence-corrected chi connectivity index (χ3v) is 5.45. The Hall–Kier alpha value is -0.220. The number of aliphatic imine (C=N–C) groups is 1. The Morgan fingerprint density at radius 2 is 2.17 bits per heavy atom. The molecule has 18 heavy (non-hydrogen) atoms. The average Bonchev–Trinajstić information content (AvgIpc) is 2.42. The maximum Gasteiger partial charge on any atom is 0.156 e. The van der Waals surface area contributed by atoms with Crippen molar-refractivity contribution in [2.75, 3.05) is 26.0 Å². The SMILES string of the molecule is CCC(COC)NC1=NCC2(CCCCC2)CS1. The van der Waals surface area contributed by atoms with Crippen LogP contribution in [0.15, 0.2) is 4.99 Å². The number of amidine groups is 1. The van der Waals surface area contributed by atoms with Gasteiger partial charge >= 0.3 is 0 Å². The minimum absolute atomic E-state index is 0.404. The van der Waals surface area contributed by atoms with Crippen LogP contribution in [0.1, 0.15) is 45.4 Å². The molecule has 1 fully saturated rings. The second-order valence-electron chi connectivity index (χ2n) is 5.68. The number of nitrogens with zero attached hydrogens (tertiary/aromatic N) is 1. The lowest BCUT2D eigenvalue weighted by molar-refractivity contribution is 0.172. The molecule has 0 radical (unpaired) electrons. The van der Waals surface area contributed by atoms with Crippen LogP contribution >= 0.6 is 11.8 Å². The highest BCUT2D eigenvalue weighted by Crippen LogP contribution is 2.41. The molecule has 1 spiro atoms. The molecule has 1 atom stereocenters. The zero-order chi connectivity index (χ0) is 12.8. The second kappa shape index (κ2) is 6.80. The van der Waals surface area contributed by atoms with E-state index in [4.69, 9.17) is 9.73 Å². The lowest BCUT2D eigenvalue weighted by Gasteiger charge is -2.38. The van der Waals surface area contributed by atoms with Gasteiger partial charge in [0.15, 0.2) is 5.17 Å².